The van der Waals surface area contributed by atoms with Gasteiger partial charge in [-0.3, -0.25) is 0 Å². The number of nitrogens with zero attached hydrogens (tertiary/aromatic N) is 2. The summed E-state index contributed by atoms with van der Waals surface area (Å²) in [5.41, 5.74) is 2.86. The number of ether oxygens (including phenoxy) is 1. The summed E-state index contributed by atoms with van der Waals surface area (Å²) in [6, 6.07) is 7.34. The van der Waals surface area contributed by atoms with Crippen molar-refractivity contribution in [3.05, 3.63) is 48.0 Å². The van der Waals surface area contributed by atoms with Crippen molar-refractivity contribution in [2.24, 2.45) is 0 Å². The molecule has 0 fully saturated rings. The van der Waals surface area contributed by atoms with Gasteiger partial charge in [0, 0.05) is 12.2 Å². The number of imidazole rings is 1. The van der Waals surface area contributed by atoms with E-state index in [1.54, 1.807) is 12.5 Å². The number of nitrogens with one attached hydrogen (secondary N) is 1. The van der Waals surface area contributed by atoms with Crippen LogP contribution in [-0.2, 0) is 16.1 Å². The number of rotatable bonds is 6. The van der Waals surface area contributed by atoms with Crippen LogP contribution in [0.3, 0.4) is 0 Å². The average Bonchev–Trinajstić information content (AvgIpc) is 2.94. The van der Waals surface area contributed by atoms with E-state index in [1.165, 1.54) is 12.7 Å². The van der Waals surface area contributed by atoms with Crippen molar-refractivity contribution in [2.75, 3.05) is 12.4 Å². The molecule has 0 aliphatic carbocycles. The van der Waals surface area contributed by atoms with Gasteiger partial charge in [0.1, 0.15) is 0 Å². The Morgan fingerprint density at radius 3 is 2.71 bits per heavy atom. The Morgan fingerprint density at radius 2 is 2.10 bits per heavy atom. The standard InChI is InChI=1S/C16H21N3O2/c1-4-9-19-11-17-10-14(19)15(16(20)21-3)18-13-7-5-12(2)6-8-13/h5-8,10-11,15,18H,4,9H2,1-3H3. The van der Waals surface area contributed by atoms with Gasteiger partial charge >= 0.3 is 5.97 Å². The molecule has 1 atom stereocenters. The zero-order valence-corrected chi connectivity index (χ0v) is 12.7. The van der Waals surface area contributed by atoms with Gasteiger partial charge in [-0.2, -0.15) is 0 Å². The second-order valence-corrected chi connectivity index (χ2v) is 4.98. The first-order valence-electron chi connectivity index (χ1n) is 7.06. The molecule has 1 N–H and O–H groups in total. The summed E-state index contributed by atoms with van der Waals surface area (Å²) in [4.78, 5) is 16.3. The molecule has 1 aromatic heterocycles. The molecule has 1 heterocycles. The first-order chi connectivity index (χ1) is 10.2. The van der Waals surface area contributed by atoms with E-state index in [4.69, 9.17) is 4.74 Å². The third-order valence-electron chi connectivity index (χ3n) is 3.30. The largest absolute Gasteiger partial charge is 0.467 e. The molecule has 0 saturated carbocycles. The molecule has 0 spiro atoms. The quantitative estimate of drug-likeness (QED) is 0.830. The predicted molar refractivity (Wildman–Crippen MR) is 82.1 cm³/mol. The molecule has 2 rings (SSSR count). The summed E-state index contributed by atoms with van der Waals surface area (Å²) in [5, 5.41) is 3.22. The van der Waals surface area contributed by atoms with Gasteiger partial charge in [0.15, 0.2) is 6.04 Å². The van der Waals surface area contributed by atoms with E-state index in [-0.39, 0.29) is 5.97 Å². The highest BCUT2D eigenvalue weighted by molar-refractivity contribution is 5.80. The molecule has 0 aliphatic rings. The summed E-state index contributed by atoms with van der Waals surface area (Å²) in [7, 11) is 1.40. The van der Waals surface area contributed by atoms with Gasteiger partial charge in [0.05, 0.1) is 25.3 Å². The van der Waals surface area contributed by atoms with Crippen molar-refractivity contribution >= 4 is 11.7 Å². The van der Waals surface area contributed by atoms with Crippen LogP contribution in [0.15, 0.2) is 36.8 Å². The first kappa shape index (κ1) is 15.1. The molecule has 5 heteroatoms. The Balaban J connectivity index is 2.28. The fraction of sp³-hybridized carbons (Fsp3) is 0.375. The minimum Gasteiger partial charge on any atom is -0.467 e. The number of esters is 1. The summed E-state index contributed by atoms with van der Waals surface area (Å²) in [6.07, 6.45) is 4.42. The van der Waals surface area contributed by atoms with Gasteiger partial charge in [-0.15, -0.1) is 0 Å². The Morgan fingerprint density at radius 1 is 1.38 bits per heavy atom. The van der Waals surface area contributed by atoms with Crippen molar-refractivity contribution in [3.63, 3.8) is 0 Å². The molecule has 2 aromatic rings. The van der Waals surface area contributed by atoms with Crippen molar-refractivity contribution in [3.8, 4) is 0 Å². The molecule has 1 unspecified atom stereocenters. The van der Waals surface area contributed by atoms with Crippen LogP contribution in [0, 0.1) is 6.92 Å². The van der Waals surface area contributed by atoms with E-state index < -0.39 is 6.04 Å². The molecule has 112 valence electrons. The smallest absolute Gasteiger partial charge is 0.334 e. The Hall–Kier alpha value is -2.30. The zero-order valence-electron chi connectivity index (χ0n) is 12.7. The van der Waals surface area contributed by atoms with Crippen LogP contribution in [0.25, 0.3) is 0 Å². The molecule has 0 aliphatic heterocycles. The van der Waals surface area contributed by atoms with Gasteiger partial charge in [-0.25, -0.2) is 9.78 Å². The summed E-state index contributed by atoms with van der Waals surface area (Å²) >= 11 is 0. The lowest BCUT2D eigenvalue weighted by Crippen LogP contribution is -2.25. The molecule has 5 nitrogen and oxygen atoms in total. The lowest BCUT2D eigenvalue weighted by molar-refractivity contribution is -0.141. The Kier molecular flexibility index (Phi) is 4.98. The van der Waals surface area contributed by atoms with Crippen molar-refractivity contribution in [2.45, 2.75) is 32.9 Å². The van der Waals surface area contributed by atoms with E-state index in [0.29, 0.717) is 0 Å². The van der Waals surface area contributed by atoms with Crippen LogP contribution in [-0.4, -0.2) is 22.6 Å². The van der Waals surface area contributed by atoms with Gasteiger partial charge in [0.2, 0.25) is 0 Å². The predicted octanol–water partition coefficient (Wildman–Crippen LogP) is 2.93. The summed E-state index contributed by atoms with van der Waals surface area (Å²) < 4.78 is 6.90. The van der Waals surface area contributed by atoms with Crippen molar-refractivity contribution < 1.29 is 9.53 Å². The van der Waals surface area contributed by atoms with E-state index in [1.807, 2.05) is 35.8 Å². The van der Waals surface area contributed by atoms with Crippen LogP contribution < -0.4 is 5.32 Å². The minimum atomic E-state index is -0.563. The van der Waals surface area contributed by atoms with E-state index in [0.717, 1.165) is 24.3 Å². The maximum atomic E-state index is 12.1. The van der Waals surface area contributed by atoms with E-state index in [2.05, 4.69) is 17.2 Å². The van der Waals surface area contributed by atoms with Crippen LogP contribution in [0.4, 0.5) is 5.69 Å². The molecular formula is C16H21N3O2. The topological polar surface area (TPSA) is 56.2 Å². The van der Waals surface area contributed by atoms with E-state index >= 15 is 0 Å². The second-order valence-electron chi connectivity index (χ2n) is 4.98. The third-order valence-corrected chi connectivity index (χ3v) is 3.30. The number of methoxy groups -OCH3 is 1. The number of aromatic nitrogens is 2. The normalized spacial score (nSPS) is 12.0. The van der Waals surface area contributed by atoms with E-state index in [9.17, 15) is 4.79 Å². The number of anilines is 1. The van der Waals surface area contributed by atoms with Crippen LogP contribution in [0.1, 0.15) is 30.6 Å². The number of benzene rings is 1. The van der Waals surface area contributed by atoms with Crippen LogP contribution >= 0.6 is 0 Å². The number of carbonyl (C=O) groups is 1. The highest BCUT2D eigenvalue weighted by Crippen LogP contribution is 2.21. The number of carbonyl (C=O) groups excluding carboxylic acids is 1. The average molecular weight is 287 g/mol. The molecule has 0 saturated heterocycles. The monoisotopic (exact) mass is 287 g/mol. The number of aryl methyl sites for hydroxylation is 2. The fourth-order valence-corrected chi connectivity index (χ4v) is 2.19. The Labute approximate surface area is 125 Å². The molecule has 0 amide bonds. The van der Waals surface area contributed by atoms with Crippen LogP contribution in [0.2, 0.25) is 0 Å². The number of hydrogen-bond donors (Lipinski definition) is 1. The summed E-state index contributed by atoms with van der Waals surface area (Å²) in [5.74, 6) is -0.326. The SMILES string of the molecule is CCCn1cncc1C(Nc1ccc(C)cc1)C(=O)OC. The lowest BCUT2D eigenvalue weighted by Gasteiger charge is -2.19. The van der Waals surface area contributed by atoms with Gasteiger partial charge in [-0.05, 0) is 25.5 Å². The maximum absolute atomic E-state index is 12.1. The lowest BCUT2D eigenvalue weighted by atomic mass is 10.1. The molecular weight excluding hydrogens is 266 g/mol. The minimum absolute atomic E-state index is 0.326. The Bertz CT molecular complexity index is 590. The molecule has 0 radical (unpaired) electrons. The first-order valence-corrected chi connectivity index (χ1v) is 7.06. The highest BCUT2D eigenvalue weighted by Gasteiger charge is 2.24. The third kappa shape index (κ3) is 3.62. The van der Waals surface area contributed by atoms with Crippen molar-refractivity contribution in [1.82, 2.24) is 9.55 Å². The zero-order chi connectivity index (χ0) is 15.2. The van der Waals surface area contributed by atoms with Gasteiger partial charge < -0.3 is 14.6 Å². The maximum Gasteiger partial charge on any atom is 0.334 e. The van der Waals surface area contributed by atoms with Crippen molar-refractivity contribution in [1.29, 1.82) is 0 Å². The molecule has 0 bridgehead atoms. The fourth-order valence-electron chi connectivity index (χ4n) is 2.19. The molecule has 1 aromatic carbocycles. The summed E-state index contributed by atoms with van der Waals surface area (Å²) in [6.45, 7) is 4.93. The second kappa shape index (κ2) is 6.92. The van der Waals surface area contributed by atoms with Gasteiger partial charge in [-0.1, -0.05) is 24.6 Å². The number of hydrogen-bond acceptors (Lipinski definition) is 4. The van der Waals surface area contributed by atoms with Gasteiger partial charge in [0.25, 0.3) is 0 Å². The molecule has 21 heavy (non-hydrogen) atoms. The van der Waals surface area contributed by atoms with Crippen LogP contribution in [0.5, 0.6) is 0 Å². The highest BCUT2D eigenvalue weighted by atomic mass is 16.5.